The van der Waals surface area contributed by atoms with Crippen molar-refractivity contribution in [2.75, 3.05) is 13.7 Å². The second-order valence-corrected chi connectivity index (χ2v) is 3.12. The van der Waals surface area contributed by atoms with E-state index < -0.39 is 0 Å². The van der Waals surface area contributed by atoms with Crippen LogP contribution in [0.15, 0.2) is 24.3 Å². The minimum atomic E-state index is 0. The summed E-state index contributed by atoms with van der Waals surface area (Å²) in [6, 6.07) is 0. The number of aliphatic hydroxyl groups is 2. The maximum absolute atomic E-state index is 7.57. The van der Waals surface area contributed by atoms with E-state index in [0.717, 1.165) is 7.11 Å². The number of rotatable bonds is 0. The average Bonchev–Trinajstić information content (AvgIpc) is 3.01. The van der Waals surface area contributed by atoms with Crippen LogP contribution in [0.25, 0.3) is 0 Å². The molecule has 16 heavy (non-hydrogen) atoms. The standard InChI is InChI=1S/2C5H8.C2H6O.CH4O.CH4/c2*1-2-4-5-3-1;1-2-3;1-2;/h2*1-2H,3-5H2;3H,2H2,1H3;2H,1H3;1H4. The van der Waals surface area contributed by atoms with E-state index in [4.69, 9.17) is 10.2 Å². The molecule has 2 nitrogen and oxygen atoms in total. The average molecular weight is 230 g/mol. The van der Waals surface area contributed by atoms with Gasteiger partial charge in [-0.3, -0.25) is 0 Å². The van der Waals surface area contributed by atoms with Crippen molar-refractivity contribution in [2.45, 2.75) is 52.9 Å². The summed E-state index contributed by atoms with van der Waals surface area (Å²) in [5.41, 5.74) is 0. The van der Waals surface area contributed by atoms with Crippen LogP contribution in [0.1, 0.15) is 52.9 Å². The van der Waals surface area contributed by atoms with Gasteiger partial charge in [-0.1, -0.05) is 31.7 Å². The Labute approximate surface area is 102 Å². The molecular weight excluding hydrogens is 200 g/mol. The van der Waals surface area contributed by atoms with Crippen LogP contribution in [0.2, 0.25) is 0 Å². The highest BCUT2D eigenvalue weighted by atomic mass is 16.2. The van der Waals surface area contributed by atoms with Crippen molar-refractivity contribution >= 4 is 0 Å². The molecule has 0 atom stereocenters. The van der Waals surface area contributed by atoms with E-state index in [-0.39, 0.29) is 14.0 Å². The molecule has 0 aromatic heterocycles. The van der Waals surface area contributed by atoms with E-state index in [0.29, 0.717) is 0 Å². The van der Waals surface area contributed by atoms with Crippen LogP contribution < -0.4 is 0 Å². The van der Waals surface area contributed by atoms with Gasteiger partial charge in [0.1, 0.15) is 0 Å². The van der Waals surface area contributed by atoms with Crippen molar-refractivity contribution < 1.29 is 10.2 Å². The fourth-order valence-corrected chi connectivity index (χ4v) is 1.18. The summed E-state index contributed by atoms with van der Waals surface area (Å²) in [7, 11) is 1.00. The Morgan fingerprint density at radius 1 is 0.812 bits per heavy atom. The quantitative estimate of drug-likeness (QED) is 0.623. The molecule has 0 aliphatic heterocycles. The van der Waals surface area contributed by atoms with Gasteiger partial charge in [-0.25, -0.2) is 0 Å². The number of hydrogen-bond donors (Lipinski definition) is 2. The topological polar surface area (TPSA) is 40.5 Å². The van der Waals surface area contributed by atoms with Gasteiger partial charge in [0.25, 0.3) is 0 Å². The van der Waals surface area contributed by atoms with E-state index >= 15 is 0 Å². The van der Waals surface area contributed by atoms with Gasteiger partial charge in [0.2, 0.25) is 0 Å². The van der Waals surface area contributed by atoms with Gasteiger partial charge in [-0.05, 0) is 45.4 Å². The Morgan fingerprint density at radius 2 is 1.00 bits per heavy atom. The Morgan fingerprint density at radius 3 is 1.06 bits per heavy atom. The first-order valence-corrected chi connectivity index (χ1v) is 5.77. The lowest BCUT2D eigenvalue weighted by Gasteiger charge is -1.69. The van der Waals surface area contributed by atoms with Gasteiger partial charge in [0.05, 0.1) is 0 Å². The molecule has 0 bridgehead atoms. The molecule has 2 N–H and O–H groups in total. The summed E-state index contributed by atoms with van der Waals surface area (Å²) in [6.07, 6.45) is 17.0. The molecule has 2 rings (SSSR count). The van der Waals surface area contributed by atoms with Gasteiger partial charge in [-0.2, -0.15) is 0 Å². The second kappa shape index (κ2) is 23.9. The SMILES string of the molecule is C.C1=CCCC1.C1=CCCC1.CCO.CO. The largest absolute Gasteiger partial charge is 0.400 e. The number of aliphatic hydroxyl groups excluding tert-OH is 2. The maximum Gasteiger partial charge on any atom is 0.0402 e. The minimum absolute atomic E-state index is 0. The number of hydrogen-bond acceptors (Lipinski definition) is 2. The summed E-state index contributed by atoms with van der Waals surface area (Å²) in [4.78, 5) is 0. The van der Waals surface area contributed by atoms with E-state index in [1.807, 2.05) is 0 Å². The molecule has 2 aliphatic carbocycles. The zero-order valence-corrected chi connectivity index (χ0v) is 10.2. The molecular formula is C14H30O2. The van der Waals surface area contributed by atoms with Gasteiger partial charge in [0.15, 0.2) is 0 Å². The Kier molecular flexibility index (Phi) is 31.0. The lowest BCUT2D eigenvalue weighted by Crippen LogP contribution is -1.57. The van der Waals surface area contributed by atoms with Crippen LogP contribution in [0.5, 0.6) is 0 Å². The molecule has 0 saturated heterocycles. The van der Waals surface area contributed by atoms with Gasteiger partial charge in [-0.15, -0.1) is 0 Å². The molecule has 2 heteroatoms. The molecule has 98 valence electrons. The van der Waals surface area contributed by atoms with Crippen LogP contribution in [0.3, 0.4) is 0 Å². The Bertz CT molecular complexity index is 112. The smallest absolute Gasteiger partial charge is 0.0402 e. The molecule has 0 aromatic carbocycles. The van der Waals surface area contributed by atoms with Crippen LogP contribution in [-0.2, 0) is 0 Å². The van der Waals surface area contributed by atoms with Gasteiger partial charge < -0.3 is 10.2 Å². The first-order valence-electron chi connectivity index (χ1n) is 5.77. The fourth-order valence-electron chi connectivity index (χ4n) is 1.18. The van der Waals surface area contributed by atoms with Gasteiger partial charge in [0, 0.05) is 13.7 Å². The van der Waals surface area contributed by atoms with Crippen molar-refractivity contribution in [1.82, 2.24) is 0 Å². The van der Waals surface area contributed by atoms with Crippen molar-refractivity contribution in [1.29, 1.82) is 0 Å². The zero-order valence-electron chi connectivity index (χ0n) is 10.2. The molecule has 0 heterocycles. The molecule has 0 fully saturated rings. The third kappa shape index (κ3) is 23.3. The van der Waals surface area contributed by atoms with E-state index in [2.05, 4.69) is 24.3 Å². The first kappa shape index (κ1) is 20.8. The highest BCUT2D eigenvalue weighted by molar-refractivity contribution is 4.88. The Balaban J connectivity index is -0.000000147. The minimum Gasteiger partial charge on any atom is -0.400 e. The predicted molar refractivity (Wildman–Crippen MR) is 73.6 cm³/mol. The fraction of sp³-hybridized carbons (Fsp3) is 0.714. The van der Waals surface area contributed by atoms with Crippen LogP contribution in [0.4, 0.5) is 0 Å². The van der Waals surface area contributed by atoms with Gasteiger partial charge >= 0.3 is 0 Å². The molecule has 0 radical (unpaired) electrons. The lowest BCUT2D eigenvalue weighted by molar-refractivity contribution is 0.318. The molecule has 2 aliphatic rings. The zero-order chi connectivity index (χ0) is 11.8. The molecule has 0 saturated carbocycles. The summed E-state index contributed by atoms with van der Waals surface area (Å²) >= 11 is 0. The monoisotopic (exact) mass is 230 g/mol. The molecule has 0 aromatic rings. The molecule has 0 amide bonds. The molecule has 0 unspecified atom stereocenters. The summed E-state index contributed by atoms with van der Waals surface area (Å²) < 4.78 is 0. The molecule has 0 spiro atoms. The van der Waals surface area contributed by atoms with Crippen molar-refractivity contribution in [2.24, 2.45) is 0 Å². The van der Waals surface area contributed by atoms with Crippen molar-refractivity contribution in [3.8, 4) is 0 Å². The first-order chi connectivity index (χ1) is 7.41. The van der Waals surface area contributed by atoms with E-state index in [1.54, 1.807) is 6.92 Å². The van der Waals surface area contributed by atoms with E-state index in [1.165, 1.54) is 38.5 Å². The van der Waals surface area contributed by atoms with Crippen molar-refractivity contribution in [3.63, 3.8) is 0 Å². The second-order valence-electron chi connectivity index (χ2n) is 3.12. The summed E-state index contributed by atoms with van der Waals surface area (Å²) in [5.74, 6) is 0. The van der Waals surface area contributed by atoms with Crippen molar-refractivity contribution in [3.05, 3.63) is 24.3 Å². The third-order valence-electron chi connectivity index (χ3n) is 1.82. The van der Waals surface area contributed by atoms with Crippen LogP contribution in [0, 0.1) is 0 Å². The maximum atomic E-state index is 7.57. The predicted octanol–water partition coefficient (Wildman–Crippen LogP) is 3.70. The van der Waals surface area contributed by atoms with Crippen LogP contribution in [-0.4, -0.2) is 23.9 Å². The van der Waals surface area contributed by atoms with Crippen LogP contribution >= 0.6 is 0 Å². The summed E-state index contributed by atoms with van der Waals surface area (Å²) in [5, 5.41) is 14.6. The lowest BCUT2D eigenvalue weighted by atomic mass is 10.4. The Hall–Kier alpha value is -0.600. The number of allylic oxidation sites excluding steroid dienone is 4. The highest BCUT2D eigenvalue weighted by Crippen LogP contribution is 2.05. The third-order valence-corrected chi connectivity index (χ3v) is 1.82. The normalized spacial score (nSPS) is 14.5. The highest BCUT2D eigenvalue weighted by Gasteiger charge is 1.85. The summed E-state index contributed by atoms with van der Waals surface area (Å²) in [6.45, 7) is 1.93. The van der Waals surface area contributed by atoms with E-state index in [9.17, 15) is 0 Å².